The van der Waals surface area contributed by atoms with Gasteiger partial charge >= 0.3 is 0 Å². The Labute approximate surface area is 86.7 Å². The van der Waals surface area contributed by atoms with Crippen LogP contribution >= 0.6 is 0 Å². The third kappa shape index (κ3) is 2.09. The summed E-state index contributed by atoms with van der Waals surface area (Å²) < 4.78 is 0. The molecule has 1 heteroatoms. The Morgan fingerprint density at radius 1 is 1.14 bits per heavy atom. The van der Waals surface area contributed by atoms with E-state index in [2.05, 4.69) is 48.9 Å². The minimum Gasteiger partial charge on any atom is -0.378 e. The fourth-order valence-electron chi connectivity index (χ4n) is 1.26. The summed E-state index contributed by atoms with van der Waals surface area (Å²) in [6, 6.07) is 8.37. The van der Waals surface area contributed by atoms with E-state index < -0.39 is 0 Å². The summed E-state index contributed by atoms with van der Waals surface area (Å²) in [4.78, 5) is 2.08. The molecular weight excluding hydrogens is 170 g/mol. The highest BCUT2D eigenvalue weighted by atomic mass is 15.1. The topological polar surface area (TPSA) is 3.24 Å². The van der Waals surface area contributed by atoms with Gasteiger partial charge in [-0.2, -0.15) is 0 Å². The number of hydrogen-bond donors (Lipinski definition) is 0. The van der Waals surface area contributed by atoms with Crippen molar-refractivity contribution in [3.63, 3.8) is 0 Å². The van der Waals surface area contributed by atoms with E-state index in [1.807, 2.05) is 14.1 Å². The second-order valence-electron chi connectivity index (χ2n) is 4.21. The normalized spacial score (nSPS) is 10.8. The van der Waals surface area contributed by atoms with E-state index in [0.29, 0.717) is 0 Å². The molecule has 0 aromatic heterocycles. The number of nitrogens with zero attached hydrogens (tertiary/aromatic N) is 1. The minimum atomic E-state index is -0.176. The van der Waals surface area contributed by atoms with Crippen molar-refractivity contribution in [2.24, 2.45) is 0 Å². The Kier molecular flexibility index (Phi) is 2.86. The summed E-state index contributed by atoms with van der Waals surface area (Å²) in [5.41, 5.74) is 2.21. The first-order valence-electron chi connectivity index (χ1n) is 4.73. The molecule has 1 nitrogen and oxygen atoms in total. The first-order valence-corrected chi connectivity index (χ1v) is 4.73. The van der Waals surface area contributed by atoms with Crippen LogP contribution in [0.5, 0.6) is 0 Å². The van der Waals surface area contributed by atoms with E-state index >= 15 is 0 Å². The monoisotopic (exact) mass is 187 g/mol. The first kappa shape index (κ1) is 10.7. The Balaban J connectivity index is 3.01. The van der Waals surface area contributed by atoms with Gasteiger partial charge in [-0.05, 0) is 31.5 Å². The summed E-state index contributed by atoms with van der Waals surface area (Å²) in [6.07, 6.45) is 5.48. The van der Waals surface area contributed by atoms with Crippen LogP contribution in [0.3, 0.4) is 0 Å². The van der Waals surface area contributed by atoms with Crippen LogP contribution in [0.25, 0.3) is 0 Å². The van der Waals surface area contributed by atoms with E-state index in [9.17, 15) is 0 Å². The van der Waals surface area contributed by atoms with Gasteiger partial charge in [0.2, 0.25) is 0 Å². The molecule has 0 fully saturated rings. The van der Waals surface area contributed by atoms with Crippen molar-refractivity contribution in [2.45, 2.75) is 19.3 Å². The molecule has 1 aromatic carbocycles. The van der Waals surface area contributed by atoms with Crippen LogP contribution in [0.4, 0.5) is 5.69 Å². The molecule has 0 aliphatic heterocycles. The van der Waals surface area contributed by atoms with Gasteiger partial charge in [0.1, 0.15) is 0 Å². The Morgan fingerprint density at radius 3 is 2.00 bits per heavy atom. The van der Waals surface area contributed by atoms with Gasteiger partial charge in [-0.25, -0.2) is 0 Å². The number of rotatable bonds is 2. The smallest absolute Gasteiger partial charge is 0.0504 e. The van der Waals surface area contributed by atoms with Crippen molar-refractivity contribution in [3.8, 4) is 12.3 Å². The molecule has 0 N–H and O–H groups in total. The molecule has 0 heterocycles. The highest BCUT2D eigenvalue weighted by Gasteiger charge is 2.16. The summed E-state index contributed by atoms with van der Waals surface area (Å²) >= 11 is 0. The molecule has 14 heavy (non-hydrogen) atoms. The lowest BCUT2D eigenvalue weighted by molar-refractivity contribution is 0.699. The summed E-state index contributed by atoms with van der Waals surface area (Å²) in [7, 11) is 4.06. The summed E-state index contributed by atoms with van der Waals surface area (Å²) in [5.74, 6) is 2.79. The zero-order valence-corrected chi connectivity index (χ0v) is 9.33. The molecule has 74 valence electrons. The van der Waals surface area contributed by atoms with Crippen molar-refractivity contribution in [3.05, 3.63) is 29.8 Å². The van der Waals surface area contributed by atoms with Crippen LogP contribution in [0.15, 0.2) is 24.3 Å². The molecule has 1 aromatic rings. The SMILES string of the molecule is C#CC(C)(C)c1ccc(N(C)C)cc1. The molecule has 0 atom stereocenters. The Bertz CT molecular complexity index is 338. The van der Waals surface area contributed by atoms with Gasteiger partial charge in [-0.15, -0.1) is 6.42 Å². The maximum atomic E-state index is 5.48. The van der Waals surface area contributed by atoms with E-state index in [-0.39, 0.29) is 5.41 Å². The molecule has 0 aliphatic rings. The fourth-order valence-corrected chi connectivity index (χ4v) is 1.26. The van der Waals surface area contributed by atoms with Gasteiger partial charge in [0.05, 0.1) is 5.41 Å². The quantitative estimate of drug-likeness (QED) is 0.643. The molecule has 0 saturated heterocycles. The number of benzene rings is 1. The highest BCUT2D eigenvalue weighted by molar-refractivity contribution is 5.48. The van der Waals surface area contributed by atoms with Gasteiger partial charge in [0, 0.05) is 19.8 Å². The second kappa shape index (κ2) is 3.75. The maximum Gasteiger partial charge on any atom is 0.0504 e. The molecule has 0 radical (unpaired) electrons. The maximum absolute atomic E-state index is 5.48. The number of hydrogen-bond acceptors (Lipinski definition) is 1. The number of anilines is 1. The highest BCUT2D eigenvalue weighted by Crippen LogP contribution is 2.24. The average molecular weight is 187 g/mol. The molecule has 0 spiro atoms. The lowest BCUT2D eigenvalue weighted by Gasteiger charge is -2.19. The lowest BCUT2D eigenvalue weighted by Crippen LogP contribution is -2.14. The molecule has 0 unspecified atom stereocenters. The van der Waals surface area contributed by atoms with Crippen molar-refractivity contribution in [1.82, 2.24) is 0 Å². The molecule has 0 bridgehead atoms. The Hall–Kier alpha value is -1.42. The summed E-state index contributed by atoms with van der Waals surface area (Å²) in [5, 5.41) is 0. The van der Waals surface area contributed by atoms with Crippen LogP contribution in [0, 0.1) is 12.3 Å². The number of terminal acetylenes is 1. The molecular formula is C13H17N. The molecule has 1 rings (SSSR count). The zero-order chi connectivity index (χ0) is 10.8. The second-order valence-corrected chi connectivity index (χ2v) is 4.21. The third-order valence-electron chi connectivity index (χ3n) is 2.47. The van der Waals surface area contributed by atoms with Crippen LogP contribution in [-0.2, 0) is 5.41 Å². The molecule has 0 saturated carbocycles. The molecule has 0 amide bonds. The van der Waals surface area contributed by atoms with Gasteiger partial charge in [0.25, 0.3) is 0 Å². The van der Waals surface area contributed by atoms with Crippen molar-refractivity contribution >= 4 is 5.69 Å². The van der Waals surface area contributed by atoms with Crippen molar-refractivity contribution < 1.29 is 0 Å². The predicted molar refractivity (Wildman–Crippen MR) is 62.6 cm³/mol. The first-order chi connectivity index (χ1) is 6.47. The van der Waals surface area contributed by atoms with Crippen molar-refractivity contribution in [2.75, 3.05) is 19.0 Å². The largest absolute Gasteiger partial charge is 0.378 e. The Morgan fingerprint density at radius 2 is 1.64 bits per heavy atom. The van der Waals surface area contributed by atoms with E-state index in [0.717, 1.165) is 0 Å². The van der Waals surface area contributed by atoms with Gasteiger partial charge in [-0.1, -0.05) is 18.1 Å². The predicted octanol–water partition coefficient (Wildman–Crippen LogP) is 2.66. The van der Waals surface area contributed by atoms with E-state index in [4.69, 9.17) is 6.42 Å². The zero-order valence-electron chi connectivity index (χ0n) is 9.33. The van der Waals surface area contributed by atoms with Crippen LogP contribution in [0.1, 0.15) is 19.4 Å². The van der Waals surface area contributed by atoms with Gasteiger partial charge < -0.3 is 4.90 Å². The van der Waals surface area contributed by atoms with Crippen LogP contribution in [0.2, 0.25) is 0 Å². The van der Waals surface area contributed by atoms with Crippen molar-refractivity contribution in [1.29, 1.82) is 0 Å². The standard InChI is InChI=1S/C13H17N/c1-6-13(2,3)11-7-9-12(10-8-11)14(4)5/h1,7-10H,2-5H3. The van der Waals surface area contributed by atoms with E-state index in [1.165, 1.54) is 11.3 Å². The van der Waals surface area contributed by atoms with Gasteiger partial charge in [-0.3, -0.25) is 0 Å². The molecule has 0 aliphatic carbocycles. The lowest BCUT2D eigenvalue weighted by atomic mass is 9.86. The van der Waals surface area contributed by atoms with Crippen LogP contribution < -0.4 is 4.90 Å². The van der Waals surface area contributed by atoms with Gasteiger partial charge in [0.15, 0.2) is 0 Å². The third-order valence-corrected chi connectivity index (χ3v) is 2.47. The fraction of sp³-hybridized carbons (Fsp3) is 0.385. The average Bonchev–Trinajstić information content (AvgIpc) is 2.18. The van der Waals surface area contributed by atoms with E-state index in [1.54, 1.807) is 0 Å². The van der Waals surface area contributed by atoms with Crippen LogP contribution in [-0.4, -0.2) is 14.1 Å². The summed E-state index contributed by atoms with van der Waals surface area (Å²) in [6.45, 7) is 4.11. The minimum absolute atomic E-state index is 0.176.